The van der Waals surface area contributed by atoms with Crippen LogP contribution < -0.4 is 0 Å². The highest BCUT2D eigenvalue weighted by Crippen LogP contribution is 2.06. The number of hydrogen-bond acceptors (Lipinski definition) is 0. The largest absolute Gasteiger partial charge is 0.0880 e. The molecule has 1 aromatic carbocycles. The fraction of sp³-hybridized carbons (Fsp3) is 0.231. The van der Waals surface area contributed by atoms with Gasteiger partial charge in [-0.05, 0) is 12.0 Å². The second kappa shape index (κ2) is 6.61. The Bertz CT molecular complexity index is 303. The van der Waals surface area contributed by atoms with Gasteiger partial charge in [0.2, 0.25) is 0 Å². The monoisotopic (exact) mass is 250 g/mol. The molecule has 1 heteroatoms. The van der Waals surface area contributed by atoms with Gasteiger partial charge in [-0.15, -0.1) is 0 Å². The predicted molar refractivity (Wildman–Crippen MR) is 67.6 cm³/mol. The topological polar surface area (TPSA) is 0 Å². The Morgan fingerprint density at radius 3 is 2.57 bits per heavy atom. The molecule has 0 fully saturated rings. The van der Waals surface area contributed by atoms with Crippen LogP contribution in [0.2, 0.25) is 0 Å². The summed E-state index contributed by atoms with van der Waals surface area (Å²) in [5, 5.41) is 0.961. The maximum absolute atomic E-state index is 3.46. The minimum Gasteiger partial charge on any atom is -0.0880 e. The van der Waals surface area contributed by atoms with Crippen molar-refractivity contribution in [2.24, 2.45) is 0 Å². The van der Waals surface area contributed by atoms with Crippen LogP contribution in [0.4, 0.5) is 0 Å². The van der Waals surface area contributed by atoms with Gasteiger partial charge in [-0.3, -0.25) is 0 Å². The third-order valence-corrected chi connectivity index (χ3v) is 2.77. The van der Waals surface area contributed by atoms with E-state index >= 15 is 0 Å². The van der Waals surface area contributed by atoms with Crippen molar-refractivity contribution in [1.29, 1.82) is 0 Å². The molecule has 0 atom stereocenters. The summed E-state index contributed by atoms with van der Waals surface area (Å²) in [5.74, 6) is 0. The zero-order valence-electron chi connectivity index (χ0n) is 8.41. The first-order valence-corrected chi connectivity index (χ1v) is 5.96. The molecule has 0 radical (unpaired) electrons. The maximum Gasteiger partial charge on any atom is 0.0244 e. The summed E-state index contributed by atoms with van der Waals surface area (Å²) < 4.78 is 0. The number of allylic oxidation sites excluding steroid dienone is 3. The van der Waals surface area contributed by atoms with Crippen molar-refractivity contribution in [2.75, 3.05) is 5.33 Å². The Morgan fingerprint density at radius 2 is 2.00 bits per heavy atom. The summed E-state index contributed by atoms with van der Waals surface area (Å²) in [6, 6.07) is 10.3. The van der Waals surface area contributed by atoms with Crippen LogP contribution in [0.15, 0.2) is 48.1 Å². The Morgan fingerprint density at radius 1 is 1.29 bits per heavy atom. The highest BCUT2D eigenvalue weighted by molar-refractivity contribution is 9.09. The number of benzene rings is 1. The number of rotatable bonds is 4. The van der Waals surface area contributed by atoms with Crippen LogP contribution in [0.1, 0.15) is 18.9 Å². The summed E-state index contributed by atoms with van der Waals surface area (Å²) in [4.78, 5) is 0. The standard InChI is InChI=1S/C13H15Br/c1-2-12(11-14)9-6-10-13-7-4-3-5-8-13/h3-10H,2,11H2,1H3. The smallest absolute Gasteiger partial charge is 0.0244 e. The lowest BCUT2D eigenvalue weighted by molar-refractivity contribution is 1.11. The van der Waals surface area contributed by atoms with Gasteiger partial charge in [0, 0.05) is 5.33 Å². The van der Waals surface area contributed by atoms with Gasteiger partial charge in [-0.2, -0.15) is 0 Å². The SMILES string of the molecule is CCC(=CC=Cc1ccccc1)CBr. The summed E-state index contributed by atoms with van der Waals surface area (Å²) in [7, 11) is 0. The van der Waals surface area contributed by atoms with Crippen molar-refractivity contribution in [3.8, 4) is 0 Å². The number of hydrogen-bond donors (Lipinski definition) is 0. The highest BCUT2D eigenvalue weighted by atomic mass is 79.9. The molecule has 0 saturated carbocycles. The van der Waals surface area contributed by atoms with Gasteiger partial charge in [-0.25, -0.2) is 0 Å². The van der Waals surface area contributed by atoms with Gasteiger partial charge >= 0.3 is 0 Å². The molecule has 0 saturated heterocycles. The van der Waals surface area contributed by atoms with Crippen LogP contribution in [0.25, 0.3) is 6.08 Å². The van der Waals surface area contributed by atoms with Gasteiger partial charge in [-0.1, -0.05) is 77.0 Å². The van der Waals surface area contributed by atoms with Crippen LogP contribution in [-0.4, -0.2) is 5.33 Å². The van der Waals surface area contributed by atoms with Crippen LogP contribution in [0.3, 0.4) is 0 Å². The first-order chi connectivity index (χ1) is 6.86. The van der Waals surface area contributed by atoms with Crippen molar-refractivity contribution >= 4 is 22.0 Å². The average molecular weight is 251 g/mol. The first-order valence-electron chi connectivity index (χ1n) is 4.84. The molecule has 0 aliphatic carbocycles. The van der Waals surface area contributed by atoms with Crippen molar-refractivity contribution in [3.63, 3.8) is 0 Å². The predicted octanol–water partition coefficient (Wildman–Crippen LogP) is 4.43. The molecule has 1 aromatic rings. The minimum absolute atomic E-state index is 0.961. The second-order valence-corrected chi connectivity index (χ2v) is 3.64. The molecule has 0 aliphatic heterocycles. The van der Waals surface area contributed by atoms with E-state index in [1.807, 2.05) is 6.07 Å². The number of halogens is 1. The molecular formula is C13H15Br. The van der Waals surface area contributed by atoms with E-state index < -0.39 is 0 Å². The number of alkyl halides is 1. The second-order valence-electron chi connectivity index (χ2n) is 3.08. The average Bonchev–Trinajstić information content (AvgIpc) is 2.26. The highest BCUT2D eigenvalue weighted by Gasteiger charge is 1.87. The van der Waals surface area contributed by atoms with Crippen molar-refractivity contribution in [3.05, 3.63) is 53.6 Å². The van der Waals surface area contributed by atoms with Gasteiger partial charge in [0.05, 0.1) is 0 Å². The first kappa shape index (κ1) is 11.3. The fourth-order valence-corrected chi connectivity index (χ4v) is 1.70. The van der Waals surface area contributed by atoms with Gasteiger partial charge in [0.25, 0.3) is 0 Å². The van der Waals surface area contributed by atoms with Gasteiger partial charge in [0.15, 0.2) is 0 Å². The molecule has 14 heavy (non-hydrogen) atoms. The fourth-order valence-electron chi connectivity index (χ4n) is 1.12. The molecule has 74 valence electrons. The third-order valence-electron chi connectivity index (χ3n) is 2.05. The zero-order valence-corrected chi connectivity index (χ0v) is 10.00. The minimum atomic E-state index is 0.961. The van der Waals surface area contributed by atoms with Crippen LogP contribution in [0.5, 0.6) is 0 Å². The Balaban J connectivity index is 2.61. The third kappa shape index (κ3) is 3.93. The summed E-state index contributed by atoms with van der Waals surface area (Å²) >= 11 is 3.46. The maximum atomic E-state index is 3.46. The van der Waals surface area contributed by atoms with Gasteiger partial charge < -0.3 is 0 Å². The van der Waals surface area contributed by atoms with Crippen LogP contribution >= 0.6 is 15.9 Å². The van der Waals surface area contributed by atoms with Crippen molar-refractivity contribution < 1.29 is 0 Å². The quantitative estimate of drug-likeness (QED) is 0.548. The van der Waals surface area contributed by atoms with Crippen LogP contribution in [-0.2, 0) is 0 Å². The Hall–Kier alpha value is -0.820. The normalized spacial score (nSPS) is 12.3. The van der Waals surface area contributed by atoms with Crippen molar-refractivity contribution in [2.45, 2.75) is 13.3 Å². The summed E-state index contributed by atoms with van der Waals surface area (Å²) in [6.07, 6.45) is 7.50. The van der Waals surface area contributed by atoms with E-state index in [1.54, 1.807) is 0 Å². The van der Waals surface area contributed by atoms with E-state index in [9.17, 15) is 0 Å². The molecule has 0 aromatic heterocycles. The van der Waals surface area contributed by atoms with Crippen molar-refractivity contribution in [1.82, 2.24) is 0 Å². The molecule has 1 rings (SSSR count). The molecule has 0 spiro atoms. The molecule has 0 unspecified atom stereocenters. The summed E-state index contributed by atoms with van der Waals surface area (Å²) in [6.45, 7) is 2.17. The molecule has 0 N–H and O–H groups in total. The Kier molecular flexibility index (Phi) is 5.31. The lowest BCUT2D eigenvalue weighted by Gasteiger charge is -1.94. The van der Waals surface area contributed by atoms with Gasteiger partial charge in [0.1, 0.15) is 0 Å². The molecule has 0 bridgehead atoms. The molecule has 0 amide bonds. The molecule has 0 nitrogen and oxygen atoms in total. The lowest BCUT2D eigenvalue weighted by atomic mass is 10.2. The van der Waals surface area contributed by atoms with E-state index in [0.29, 0.717) is 0 Å². The van der Waals surface area contributed by atoms with E-state index in [-0.39, 0.29) is 0 Å². The molecule has 0 aliphatic rings. The van der Waals surface area contributed by atoms with E-state index in [2.05, 4.69) is 65.3 Å². The lowest BCUT2D eigenvalue weighted by Crippen LogP contribution is -1.78. The zero-order chi connectivity index (χ0) is 10.2. The molecular weight excluding hydrogens is 236 g/mol. The molecule has 0 heterocycles. The van der Waals surface area contributed by atoms with E-state index in [4.69, 9.17) is 0 Å². The van der Waals surface area contributed by atoms with E-state index in [0.717, 1.165) is 11.8 Å². The van der Waals surface area contributed by atoms with Crippen LogP contribution in [0, 0.1) is 0 Å². The summed E-state index contributed by atoms with van der Waals surface area (Å²) in [5.41, 5.74) is 2.66. The van der Waals surface area contributed by atoms with E-state index in [1.165, 1.54) is 11.1 Å². The Labute approximate surface area is 94.5 Å².